The second-order valence-corrected chi connectivity index (χ2v) is 6.49. The molecule has 1 aliphatic heterocycles. The van der Waals surface area contributed by atoms with Gasteiger partial charge in [0.25, 0.3) is 0 Å². The van der Waals surface area contributed by atoms with Crippen LogP contribution in [0.4, 0.5) is 0 Å². The molecule has 0 aliphatic carbocycles. The van der Waals surface area contributed by atoms with E-state index in [0.717, 1.165) is 29.7 Å². The van der Waals surface area contributed by atoms with Gasteiger partial charge in [-0.05, 0) is 52.2 Å². The number of rotatable bonds is 6. The van der Waals surface area contributed by atoms with Gasteiger partial charge in [0.15, 0.2) is 5.16 Å². The van der Waals surface area contributed by atoms with E-state index in [1.807, 2.05) is 13.1 Å². The number of carboxylic acids is 1. The summed E-state index contributed by atoms with van der Waals surface area (Å²) in [6.07, 6.45) is 5.52. The second kappa shape index (κ2) is 7.13. The summed E-state index contributed by atoms with van der Waals surface area (Å²) < 4.78 is 2.16. The van der Waals surface area contributed by atoms with Crippen LogP contribution >= 0.6 is 11.8 Å². The minimum atomic E-state index is -0.794. The van der Waals surface area contributed by atoms with E-state index in [4.69, 9.17) is 5.11 Å². The van der Waals surface area contributed by atoms with Gasteiger partial charge in [0.2, 0.25) is 0 Å². The third-order valence-corrected chi connectivity index (χ3v) is 4.92. The monoisotopic (exact) mass is 297 g/mol. The van der Waals surface area contributed by atoms with Gasteiger partial charge in [-0.15, -0.1) is 0 Å². The van der Waals surface area contributed by atoms with Crippen molar-refractivity contribution in [3.63, 3.8) is 0 Å². The van der Waals surface area contributed by atoms with E-state index < -0.39 is 5.97 Å². The maximum atomic E-state index is 10.7. The first kappa shape index (κ1) is 15.4. The Kier molecular flexibility index (Phi) is 5.48. The number of hydrogen-bond acceptors (Lipinski definition) is 4. The molecule has 1 saturated heterocycles. The molecule has 0 radical (unpaired) electrons. The SMILES string of the molecule is Cc1cnc(SCC(=O)O)n1CCC1CCN(C)CC1. The van der Waals surface area contributed by atoms with Gasteiger partial charge in [0, 0.05) is 18.4 Å². The minimum absolute atomic E-state index is 0.0741. The van der Waals surface area contributed by atoms with Crippen LogP contribution in [0, 0.1) is 12.8 Å². The molecule has 1 aromatic rings. The van der Waals surface area contributed by atoms with E-state index in [9.17, 15) is 4.79 Å². The van der Waals surface area contributed by atoms with Gasteiger partial charge in [-0.3, -0.25) is 4.79 Å². The number of nitrogens with zero attached hydrogens (tertiary/aromatic N) is 3. The first-order valence-electron chi connectivity index (χ1n) is 7.11. The Balaban J connectivity index is 1.88. The molecule has 1 aromatic heterocycles. The Morgan fingerprint density at radius 2 is 2.20 bits per heavy atom. The predicted molar refractivity (Wildman–Crippen MR) is 80.2 cm³/mol. The van der Waals surface area contributed by atoms with Crippen molar-refractivity contribution < 1.29 is 9.90 Å². The maximum Gasteiger partial charge on any atom is 0.313 e. The van der Waals surface area contributed by atoms with Crippen molar-refractivity contribution in [2.75, 3.05) is 25.9 Å². The number of carboxylic acid groups (broad SMARTS) is 1. The van der Waals surface area contributed by atoms with Crippen LogP contribution in [-0.4, -0.2) is 51.4 Å². The lowest BCUT2D eigenvalue weighted by atomic mass is 9.94. The van der Waals surface area contributed by atoms with Crippen molar-refractivity contribution in [1.82, 2.24) is 14.5 Å². The van der Waals surface area contributed by atoms with Gasteiger partial charge in [0.1, 0.15) is 0 Å². The highest BCUT2D eigenvalue weighted by Crippen LogP contribution is 2.23. The fourth-order valence-electron chi connectivity index (χ4n) is 2.61. The Morgan fingerprint density at radius 3 is 2.85 bits per heavy atom. The van der Waals surface area contributed by atoms with Crippen molar-refractivity contribution in [1.29, 1.82) is 0 Å². The smallest absolute Gasteiger partial charge is 0.313 e. The second-order valence-electron chi connectivity index (χ2n) is 5.55. The number of hydrogen-bond donors (Lipinski definition) is 1. The Labute approximate surface area is 124 Å². The quantitative estimate of drug-likeness (QED) is 0.815. The molecule has 0 aromatic carbocycles. The largest absolute Gasteiger partial charge is 0.481 e. The van der Waals surface area contributed by atoms with E-state index >= 15 is 0 Å². The summed E-state index contributed by atoms with van der Waals surface area (Å²) in [7, 11) is 2.18. The topological polar surface area (TPSA) is 58.4 Å². The zero-order valence-electron chi connectivity index (χ0n) is 12.2. The zero-order chi connectivity index (χ0) is 14.5. The van der Waals surface area contributed by atoms with Crippen molar-refractivity contribution >= 4 is 17.7 Å². The molecule has 0 spiro atoms. The number of thioether (sulfide) groups is 1. The Hall–Kier alpha value is -1.01. The fourth-order valence-corrected chi connectivity index (χ4v) is 3.39. The number of imidazole rings is 1. The lowest BCUT2D eigenvalue weighted by Crippen LogP contribution is -2.30. The van der Waals surface area contributed by atoms with Crippen LogP contribution in [0.5, 0.6) is 0 Å². The fraction of sp³-hybridized carbons (Fsp3) is 0.714. The molecular weight excluding hydrogens is 274 g/mol. The van der Waals surface area contributed by atoms with Gasteiger partial charge < -0.3 is 14.6 Å². The summed E-state index contributed by atoms with van der Waals surface area (Å²) in [4.78, 5) is 17.4. The molecule has 0 unspecified atom stereocenters. The highest BCUT2D eigenvalue weighted by Gasteiger charge is 2.17. The molecule has 20 heavy (non-hydrogen) atoms. The summed E-state index contributed by atoms with van der Waals surface area (Å²) in [5.41, 5.74) is 1.12. The average Bonchev–Trinajstić information content (AvgIpc) is 2.76. The van der Waals surface area contributed by atoms with Gasteiger partial charge in [-0.1, -0.05) is 11.8 Å². The molecule has 1 fully saturated rings. The highest BCUT2D eigenvalue weighted by molar-refractivity contribution is 7.99. The molecule has 5 nitrogen and oxygen atoms in total. The third kappa shape index (κ3) is 4.24. The average molecular weight is 297 g/mol. The lowest BCUT2D eigenvalue weighted by Gasteiger charge is -2.29. The van der Waals surface area contributed by atoms with Crippen LogP contribution in [0.1, 0.15) is 25.0 Å². The molecule has 2 rings (SSSR count). The van der Waals surface area contributed by atoms with E-state index in [1.54, 1.807) is 0 Å². The van der Waals surface area contributed by atoms with Crippen molar-refractivity contribution in [2.45, 2.75) is 37.9 Å². The summed E-state index contributed by atoms with van der Waals surface area (Å²) in [6, 6.07) is 0. The summed E-state index contributed by atoms with van der Waals surface area (Å²) in [5, 5.41) is 9.60. The molecule has 0 saturated carbocycles. The number of piperidine rings is 1. The van der Waals surface area contributed by atoms with Crippen LogP contribution in [0.2, 0.25) is 0 Å². The number of aliphatic carboxylic acids is 1. The van der Waals surface area contributed by atoms with Crippen LogP contribution in [-0.2, 0) is 11.3 Å². The third-order valence-electron chi connectivity index (χ3n) is 3.94. The lowest BCUT2D eigenvalue weighted by molar-refractivity contribution is -0.133. The minimum Gasteiger partial charge on any atom is -0.481 e. The van der Waals surface area contributed by atoms with Crippen LogP contribution in [0.3, 0.4) is 0 Å². The molecule has 1 N–H and O–H groups in total. The summed E-state index contributed by atoms with van der Waals surface area (Å²) >= 11 is 1.31. The number of likely N-dealkylation sites (tertiary alicyclic amines) is 1. The van der Waals surface area contributed by atoms with Crippen LogP contribution in [0.25, 0.3) is 0 Å². The molecule has 0 atom stereocenters. The number of aromatic nitrogens is 2. The predicted octanol–water partition coefficient (Wildman–Crippen LogP) is 2.10. The van der Waals surface area contributed by atoms with Crippen molar-refractivity contribution in [3.8, 4) is 0 Å². The van der Waals surface area contributed by atoms with Crippen LogP contribution in [0.15, 0.2) is 11.4 Å². The highest BCUT2D eigenvalue weighted by atomic mass is 32.2. The zero-order valence-corrected chi connectivity index (χ0v) is 13.0. The Bertz CT molecular complexity index is 453. The first-order chi connectivity index (χ1) is 9.56. The van der Waals surface area contributed by atoms with E-state index in [1.165, 1.54) is 37.7 Å². The van der Waals surface area contributed by atoms with E-state index in [0.29, 0.717) is 0 Å². The summed E-state index contributed by atoms with van der Waals surface area (Å²) in [6.45, 7) is 5.36. The molecule has 1 aliphatic rings. The maximum absolute atomic E-state index is 10.7. The van der Waals surface area contributed by atoms with Crippen molar-refractivity contribution in [3.05, 3.63) is 11.9 Å². The number of aryl methyl sites for hydroxylation is 1. The van der Waals surface area contributed by atoms with Gasteiger partial charge >= 0.3 is 5.97 Å². The van der Waals surface area contributed by atoms with Gasteiger partial charge in [-0.25, -0.2) is 4.98 Å². The van der Waals surface area contributed by atoms with E-state index in [2.05, 4.69) is 21.5 Å². The number of carbonyl (C=O) groups is 1. The molecule has 112 valence electrons. The summed E-state index contributed by atoms with van der Waals surface area (Å²) in [5.74, 6) is 0.0628. The molecule has 0 bridgehead atoms. The Morgan fingerprint density at radius 1 is 1.50 bits per heavy atom. The molecular formula is C14H23N3O2S. The molecule has 6 heteroatoms. The standard InChI is InChI=1S/C14H23N3O2S/c1-11-9-15-14(20-10-13(18)19)17(11)8-5-12-3-6-16(2)7-4-12/h9,12H,3-8,10H2,1-2H3,(H,18,19). The van der Waals surface area contributed by atoms with Crippen LogP contribution < -0.4 is 0 Å². The van der Waals surface area contributed by atoms with Gasteiger partial charge in [0.05, 0.1) is 5.75 Å². The van der Waals surface area contributed by atoms with E-state index in [-0.39, 0.29) is 5.75 Å². The normalized spacial score (nSPS) is 17.5. The van der Waals surface area contributed by atoms with Crippen molar-refractivity contribution in [2.24, 2.45) is 5.92 Å². The first-order valence-corrected chi connectivity index (χ1v) is 8.10. The molecule has 0 amide bonds. The molecule has 2 heterocycles. The van der Waals surface area contributed by atoms with Gasteiger partial charge in [-0.2, -0.15) is 0 Å².